The van der Waals surface area contributed by atoms with Gasteiger partial charge >= 0.3 is 0 Å². The fourth-order valence-corrected chi connectivity index (χ4v) is 3.76. The molecule has 0 bridgehead atoms. The Morgan fingerprint density at radius 1 is 1.33 bits per heavy atom. The van der Waals surface area contributed by atoms with E-state index in [2.05, 4.69) is 53.0 Å². The largest absolute Gasteiger partial charge is 0.364 e. The van der Waals surface area contributed by atoms with Gasteiger partial charge in [-0.1, -0.05) is 50.4 Å². The smallest absolute Gasteiger partial charge is 0.0837 e. The molecule has 1 saturated heterocycles. The predicted octanol–water partition coefficient (Wildman–Crippen LogP) is 5.36. The van der Waals surface area contributed by atoms with Crippen LogP contribution in [-0.2, 0) is 0 Å². The van der Waals surface area contributed by atoms with Crippen molar-refractivity contribution in [3.8, 4) is 0 Å². The minimum atomic E-state index is 0.458. The molecule has 0 spiro atoms. The second-order valence-corrected chi connectivity index (χ2v) is 7.42. The van der Waals surface area contributed by atoms with Crippen LogP contribution in [-0.4, -0.2) is 25.2 Å². The molecule has 21 heavy (non-hydrogen) atoms. The van der Waals surface area contributed by atoms with Crippen molar-refractivity contribution in [2.75, 3.05) is 18.0 Å². The highest BCUT2D eigenvalue weighted by atomic mass is 79.9. The molecule has 1 N–H and O–H groups in total. The normalized spacial score (nSPS) is 24.2. The van der Waals surface area contributed by atoms with Crippen LogP contribution in [0.4, 0.5) is 5.69 Å². The van der Waals surface area contributed by atoms with Crippen LogP contribution >= 0.6 is 39.1 Å². The van der Waals surface area contributed by atoms with Crippen LogP contribution in [0.25, 0.3) is 0 Å². The Balaban J connectivity index is 2.31. The monoisotopic (exact) mass is 392 g/mol. The summed E-state index contributed by atoms with van der Waals surface area (Å²) in [6, 6.07) is 5.01. The Hall–Kier alpha value is 0.0400. The highest BCUT2D eigenvalue weighted by molar-refractivity contribution is 9.10. The van der Waals surface area contributed by atoms with Gasteiger partial charge in [-0.15, -0.1) is 0 Å². The van der Waals surface area contributed by atoms with E-state index in [0.717, 1.165) is 29.7 Å². The molecule has 1 fully saturated rings. The molecule has 0 radical (unpaired) electrons. The minimum Gasteiger partial charge on any atom is -0.364 e. The van der Waals surface area contributed by atoms with Crippen LogP contribution in [0.15, 0.2) is 16.6 Å². The highest BCUT2D eigenvalue weighted by Gasteiger charge is 2.30. The molecule has 1 aliphatic heterocycles. The van der Waals surface area contributed by atoms with Crippen LogP contribution < -0.4 is 10.2 Å². The molecule has 1 aliphatic rings. The van der Waals surface area contributed by atoms with E-state index in [1.54, 1.807) is 0 Å². The maximum atomic E-state index is 6.49. The van der Waals surface area contributed by atoms with Crippen LogP contribution in [0.2, 0.25) is 10.0 Å². The summed E-state index contributed by atoms with van der Waals surface area (Å²) in [7, 11) is 0. The Kier molecular flexibility index (Phi) is 6.25. The lowest BCUT2D eigenvalue weighted by atomic mass is 9.94. The topological polar surface area (TPSA) is 15.3 Å². The van der Waals surface area contributed by atoms with Gasteiger partial charge in [0.25, 0.3) is 0 Å². The van der Waals surface area contributed by atoms with Crippen molar-refractivity contribution in [2.45, 2.75) is 45.7 Å². The number of halogens is 3. The second kappa shape index (κ2) is 7.54. The summed E-state index contributed by atoms with van der Waals surface area (Å²) < 4.78 is 0.847. The van der Waals surface area contributed by atoms with Crippen LogP contribution in [0.3, 0.4) is 0 Å². The van der Waals surface area contributed by atoms with Crippen molar-refractivity contribution in [3.05, 3.63) is 26.7 Å². The first-order valence-electron chi connectivity index (χ1n) is 7.63. The fourth-order valence-electron chi connectivity index (χ4n) is 2.89. The van der Waals surface area contributed by atoms with Gasteiger partial charge in [0.15, 0.2) is 0 Å². The summed E-state index contributed by atoms with van der Waals surface area (Å²) in [5, 5.41) is 4.94. The van der Waals surface area contributed by atoms with Gasteiger partial charge in [0.05, 0.1) is 15.7 Å². The average molecular weight is 394 g/mol. The third-order valence-electron chi connectivity index (χ3n) is 4.58. The fraction of sp³-hybridized carbons (Fsp3) is 0.625. The summed E-state index contributed by atoms with van der Waals surface area (Å²) in [6.45, 7) is 8.74. The molecule has 2 nitrogen and oxygen atoms in total. The molecule has 5 heteroatoms. The summed E-state index contributed by atoms with van der Waals surface area (Å²) in [5.74, 6) is 0.648. The van der Waals surface area contributed by atoms with Gasteiger partial charge in [-0.2, -0.15) is 0 Å². The molecule has 3 unspecified atom stereocenters. The SMILES string of the molecule is CCC(C)C1CN(c2ccc(Br)c(Cl)c2Cl)C(CC)CN1. The molecule has 0 amide bonds. The van der Waals surface area contributed by atoms with Crippen LogP contribution in [0, 0.1) is 5.92 Å². The molecule has 1 aromatic rings. The van der Waals surface area contributed by atoms with Gasteiger partial charge in [-0.05, 0) is 40.4 Å². The quantitative estimate of drug-likeness (QED) is 0.692. The molecule has 1 aromatic carbocycles. The summed E-state index contributed by atoms with van der Waals surface area (Å²) >= 11 is 16.2. The number of hydrogen-bond acceptors (Lipinski definition) is 2. The molecule has 1 heterocycles. The Bertz CT molecular complexity index is 495. The molecule has 2 rings (SSSR count). The zero-order valence-electron chi connectivity index (χ0n) is 12.8. The summed E-state index contributed by atoms with van der Waals surface area (Å²) in [4.78, 5) is 2.42. The zero-order chi connectivity index (χ0) is 15.6. The molecule has 0 aromatic heterocycles. The van der Waals surface area contributed by atoms with Gasteiger partial charge in [-0.3, -0.25) is 0 Å². The third-order valence-corrected chi connectivity index (χ3v) is 6.34. The van der Waals surface area contributed by atoms with E-state index in [9.17, 15) is 0 Å². The second-order valence-electron chi connectivity index (χ2n) is 5.81. The molecular weight excluding hydrogens is 371 g/mol. The zero-order valence-corrected chi connectivity index (χ0v) is 15.9. The van der Waals surface area contributed by atoms with Crippen molar-refractivity contribution in [3.63, 3.8) is 0 Å². The molecule has 118 valence electrons. The number of piperazine rings is 1. The molecule has 0 aliphatic carbocycles. The van der Waals surface area contributed by atoms with E-state index >= 15 is 0 Å². The predicted molar refractivity (Wildman–Crippen MR) is 96.8 cm³/mol. The summed E-state index contributed by atoms with van der Waals surface area (Å²) in [5.41, 5.74) is 1.05. The number of anilines is 1. The Labute approximate surface area is 146 Å². The first kappa shape index (κ1) is 17.4. The van der Waals surface area contributed by atoms with Gasteiger partial charge in [0, 0.05) is 29.6 Å². The Morgan fingerprint density at radius 3 is 2.67 bits per heavy atom. The lowest BCUT2D eigenvalue weighted by molar-refractivity contribution is 0.306. The van der Waals surface area contributed by atoms with Gasteiger partial charge in [0.1, 0.15) is 0 Å². The van der Waals surface area contributed by atoms with E-state index in [1.807, 2.05) is 6.07 Å². The lowest BCUT2D eigenvalue weighted by Gasteiger charge is -2.44. The minimum absolute atomic E-state index is 0.458. The van der Waals surface area contributed by atoms with Gasteiger partial charge in [0.2, 0.25) is 0 Å². The first-order chi connectivity index (χ1) is 9.99. The average Bonchev–Trinajstić information content (AvgIpc) is 2.51. The number of rotatable bonds is 4. The number of nitrogens with zero attached hydrogens (tertiary/aromatic N) is 1. The molecule has 3 atom stereocenters. The van der Waals surface area contributed by atoms with Crippen molar-refractivity contribution >= 4 is 44.8 Å². The van der Waals surface area contributed by atoms with Crippen molar-refractivity contribution in [1.82, 2.24) is 5.32 Å². The first-order valence-corrected chi connectivity index (χ1v) is 9.17. The van der Waals surface area contributed by atoms with E-state index in [-0.39, 0.29) is 0 Å². The van der Waals surface area contributed by atoms with Crippen LogP contribution in [0.1, 0.15) is 33.6 Å². The number of benzene rings is 1. The summed E-state index contributed by atoms with van der Waals surface area (Å²) in [6.07, 6.45) is 2.27. The van der Waals surface area contributed by atoms with E-state index < -0.39 is 0 Å². The van der Waals surface area contributed by atoms with Crippen molar-refractivity contribution in [2.24, 2.45) is 5.92 Å². The van der Waals surface area contributed by atoms with Gasteiger partial charge in [-0.25, -0.2) is 0 Å². The maximum absolute atomic E-state index is 6.49. The van der Waals surface area contributed by atoms with E-state index in [4.69, 9.17) is 23.2 Å². The highest BCUT2D eigenvalue weighted by Crippen LogP contribution is 2.39. The Morgan fingerprint density at radius 2 is 2.05 bits per heavy atom. The van der Waals surface area contributed by atoms with E-state index in [0.29, 0.717) is 28.0 Å². The van der Waals surface area contributed by atoms with Crippen molar-refractivity contribution in [1.29, 1.82) is 0 Å². The van der Waals surface area contributed by atoms with E-state index in [1.165, 1.54) is 6.42 Å². The lowest BCUT2D eigenvalue weighted by Crippen LogP contribution is -2.58. The van der Waals surface area contributed by atoms with Crippen LogP contribution in [0.5, 0.6) is 0 Å². The number of nitrogens with one attached hydrogen (secondary N) is 1. The standard InChI is InChI=1S/C16H23BrCl2N2/c1-4-10(3)13-9-21(11(5-2)8-20-13)14-7-6-12(17)15(18)16(14)19/h6-7,10-11,13,20H,4-5,8-9H2,1-3H3. The van der Waals surface area contributed by atoms with Crippen molar-refractivity contribution < 1.29 is 0 Å². The molecule has 0 saturated carbocycles. The van der Waals surface area contributed by atoms with Gasteiger partial charge < -0.3 is 10.2 Å². The number of hydrogen-bond donors (Lipinski definition) is 1. The maximum Gasteiger partial charge on any atom is 0.0837 e. The third kappa shape index (κ3) is 3.69. The molecular formula is C16H23BrCl2N2.